The molecule has 1 N–H and O–H groups in total. The molecule has 5 rings (SSSR count). The average Bonchev–Trinajstić information content (AvgIpc) is 3.59. The highest BCUT2D eigenvalue weighted by atomic mass is 19.1. The van der Waals surface area contributed by atoms with Gasteiger partial charge in [0.2, 0.25) is 5.91 Å². The molecule has 2 fully saturated rings. The predicted octanol–water partition coefficient (Wildman–Crippen LogP) is 5.45. The fraction of sp³-hybridized carbons (Fsp3) is 0.516. The molecule has 2 aliphatic rings. The van der Waals surface area contributed by atoms with Crippen LogP contribution in [0.5, 0.6) is 0 Å². The number of aryl methyl sites for hydroxylation is 1. The number of carbonyl (C=O) groups excluding carboxylic acids is 2. The van der Waals surface area contributed by atoms with Gasteiger partial charge in [-0.15, -0.1) is 0 Å². The van der Waals surface area contributed by atoms with Crippen LogP contribution in [0.4, 0.5) is 20.5 Å². The quantitative estimate of drug-likeness (QED) is 0.313. The number of esters is 1. The van der Waals surface area contributed by atoms with Crippen LogP contribution in [0.2, 0.25) is 0 Å². The predicted molar refractivity (Wildman–Crippen MR) is 151 cm³/mol. The molecule has 3 aromatic rings. The molecule has 42 heavy (non-hydrogen) atoms. The molecule has 1 saturated heterocycles. The number of aromatic nitrogens is 1. The lowest BCUT2D eigenvalue weighted by molar-refractivity contribution is -0.148. The maximum absolute atomic E-state index is 15.6. The minimum atomic E-state index is -0.657. The second-order valence-corrected chi connectivity index (χ2v) is 11.1. The number of fused-ring (bicyclic) bond motifs is 1. The van der Waals surface area contributed by atoms with Crippen molar-refractivity contribution in [2.75, 3.05) is 32.8 Å². The largest absolute Gasteiger partial charge is 0.469 e. The first kappa shape index (κ1) is 29.9. The smallest absolute Gasteiger partial charge is 0.308 e. The molecule has 0 unspecified atom stereocenters. The summed E-state index contributed by atoms with van der Waals surface area (Å²) < 4.78 is 51.4. The molecule has 1 aromatic heterocycles. The standard InChI is InChI=1S/C31H37F2N3O6/c1-18-4-8-21(32)15-26(18)35-31-34-25-13-7-20(28(33)29(25)42-31)14-27(37)36-22(16-39-2)9-10-23(36)17-41-24-11-5-19(6-12-24)30(38)40-3/h4,7-8,13,15,19,22-24H,5-6,9-12,14,16-17H2,1-3H3,(H,34,35)/t19-,22-,23-,24-/m0/s1. The van der Waals surface area contributed by atoms with E-state index < -0.39 is 11.6 Å². The SMILES string of the molecule is COC[C@@H]1CC[C@@H](CO[C@H]2CC[C@H](C(=O)OC)CC2)N1C(=O)Cc1ccc2nc(Nc3cc(F)ccc3C)oc2c1F. The number of oxazole rings is 1. The van der Waals surface area contributed by atoms with Gasteiger partial charge in [0.1, 0.15) is 11.3 Å². The van der Waals surface area contributed by atoms with Gasteiger partial charge in [0.05, 0.1) is 50.8 Å². The summed E-state index contributed by atoms with van der Waals surface area (Å²) in [5, 5.41) is 2.90. The van der Waals surface area contributed by atoms with Crippen molar-refractivity contribution in [1.82, 2.24) is 9.88 Å². The molecule has 9 nitrogen and oxygen atoms in total. The Labute approximate surface area is 243 Å². The number of hydrogen-bond donors (Lipinski definition) is 1. The van der Waals surface area contributed by atoms with Crippen molar-refractivity contribution in [3.8, 4) is 0 Å². The number of nitrogens with one attached hydrogen (secondary N) is 1. The normalized spacial score (nSPS) is 22.5. The monoisotopic (exact) mass is 585 g/mol. The highest BCUT2D eigenvalue weighted by Crippen LogP contribution is 2.32. The van der Waals surface area contributed by atoms with Crippen molar-refractivity contribution in [2.24, 2.45) is 5.92 Å². The maximum atomic E-state index is 15.6. The van der Waals surface area contributed by atoms with Crippen LogP contribution < -0.4 is 5.32 Å². The number of likely N-dealkylation sites (tertiary alicyclic amines) is 1. The molecule has 2 atom stereocenters. The van der Waals surface area contributed by atoms with E-state index in [1.54, 1.807) is 37.1 Å². The number of methoxy groups -OCH3 is 2. The van der Waals surface area contributed by atoms with Gasteiger partial charge >= 0.3 is 5.97 Å². The summed E-state index contributed by atoms with van der Waals surface area (Å²) in [5.41, 5.74) is 1.64. The number of carbonyl (C=O) groups is 2. The number of ether oxygens (including phenoxy) is 3. The van der Waals surface area contributed by atoms with Crippen molar-refractivity contribution in [3.63, 3.8) is 0 Å². The van der Waals surface area contributed by atoms with Crippen LogP contribution in [0.15, 0.2) is 34.7 Å². The molecule has 1 amide bonds. The zero-order valence-electron chi connectivity index (χ0n) is 24.2. The highest BCUT2D eigenvalue weighted by molar-refractivity contribution is 5.83. The number of amides is 1. The highest BCUT2D eigenvalue weighted by Gasteiger charge is 2.38. The van der Waals surface area contributed by atoms with Crippen LogP contribution in [0.1, 0.15) is 49.7 Å². The Morgan fingerprint density at radius 3 is 2.48 bits per heavy atom. The molecule has 2 aromatic carbocycles. The minimum absolute atomic E-state index is 0.0228. The molecule has 0 radical (unpaired) electrons. The summed E-state index contributed by atoms with van der Waals surface area (Å²) in [6, 6.07) is 7.17. The van der Waals surface area contributed by atoms with E-state index in [1.807, 2.05) is 0 Å². The zero-order chi connectivity index (χ0) is 29.8. The molecule has 1 saturated carbocycles. The number of anilines is 2. The van der Waals surface area contributed by atoms with Gasteiger partial charge in [-0.05, 0) is 69.2 Å². The molecular weight excluding hydrogens is 548 g/mol. The van der Waals surface area contributed by atoms with Crippen LogP contribution in [0.25, 0.3) is 11.1 Å². The Bertz CT molecular complexity index is 1420. The number of rotatable bonds is 10. The summed E-state index contributed by atoms with van der Waals surface area (Å²) in [6.45, 7) is 2.56. The van der Waals surface area contributed by atoms with Crippen LogP contribution in [-0.4, -0.2) is 67.4 Å². The third-order valence-electron chi connectivity index (χ3n) is 8.36. The summed E-state index contributed by atoms with van der Waals surface area (Å²) in [7, 11) is 3.01. The van der Waals surface area contributed by atoms with Gasteiger partial charge in [0.25, 0.3) is 6.01 Å². The minimum Gasteiger partial charge on any atom is -0.469 e. The number of benzene rings is 2. The molecular formula is C31H37F2N3O6. The molecule has 1 aliphatic carbocycles. The van der Waals surface area contributed by atoms with E-state index in [1.165, 1.54) is 19.2 Å². The van der Waals surface area contributed by atoms with Crippen molar-refractivity contribution in [3.05, 3.63) is 53.1 Å². The first-order valence-electron chi connectivity index (χ1n) is 14.4. The van der Waals surface area contributed by atoms with E-state index in [0.29, 0.717) is 18.9 Å². The molecule has 0 bridgehead atoms. The Hall–Kier alpha value is -3.57. The number of hydrogen-bond acceptors (Lipinski definition) is 8. The molecule has 1 aliphatic heterocycles. The van der Waals surface area contributed by atoms with E-state index in [-0.39, 0.29) is 65.1 Å². The second kappa shape index (κ2) is 13.2. The number of halogens is 2. The first-order chi connectivity index (χ1) is 20.3. The van der Waals surface area contributed by atoms with Gasteiger partial charge in [-0.25, -0.2) is 8.78 Å². The Morgan fingerprint density at radius 1 is 1.02 bits per heavy atom. The topological polar surface area (TPSA) is 103 Å². The summed E-state index contributed by atoms with van der Waals surface area (Å²) >= 11 is 0. The average molecular weight is 586 g/mol. The Kier molecular flexibility index (Phi) is 9.37. The Balaban J connectivity index is 1.26. The summed E-state index contributed by atoms with van der Waals surface area (Å²) in [4.78, 5) is 31.5. The van der Waals surface area contributed by atoms with E-state index in [9.17, 15) is 14.0 Å². The van der Waals surface area contributed by atoms with Gasteiger partial charge in [-0.3, -0.25) is 9.59 Å². The summed E-state index contributed by atoms with van der Waals surface area (Å²) in [6.07, 6.45) is 4.36. The fourth-order valence-electron chi connectivity index (χ4n) is 6.06. The van der Waals surface area contributed by atoms with E-state index >= 15 is 4.39 Å². The van der Waals surface area contributed by atoms with Crippen LogP contribution in [0, 0.1) is 24.5 Å². The molecule has 226 valence electrons. The third-order valence-corrected chi connectivity index (χ3v) is 8.36. The fourth-order valence-corrected chi connectivity index (χ4v) is 6.06. The van der Waals surface area contributed by atoms with Crippen molar-refractivity contribution >= 4 is 34.7 Å². The molecule has 11 heteroatoms. The van der Waals surface area contributed by atoms with E-state index in [2.05, 4.69) is 10.3 Å². The Morgan fingerprint density at radius 2 is 1.76 bits per heavy atom. The number of nitrogens with zero attached hydrogens (tertiary/aromatic N) is 2. The van der Waals surface area contributed by atoms with E-state index in [4.69, 9.17) is 18.6 Å². The van der Waals surface area contributed by atoms with Crippen molar-refractivity contribution < 1.29 is 37.0 Å². The van der Waals surface area contributed by atoms with Crippen molar-refractivity contribution in [2.45, 2.75) is 70.1 Å². The lowest BCUT2D eigenvalue weighted by atomic mass is 9.87. The van der Waals surface area contributed by atoms with Crippen molar-refractivity contribution in [1.29, 1.82) is 0 Å². The van der Waals surface area contributed by atoms with Crippen LogP contribution in [-0.2, 0) is 30.2 Å². The van der Waals surface area contributed by atoms with Gasteiger partial charge < -0.3 is 28.8 Å². The van der Waals surface area contributed by atoms with E-state index in [0.717, 1.165) is 44.1 Å². The van der Waals surface area contributed by atoms with Gasteiger partial charge in [0.15, 0.2) is 11.4 Å². The van der Waals surface area contributed by atoms with Gasteiger partial charge in [0, 0.05) is 18.4 Å². The zero-order valence-corrected chi connectivity index (χ0v) is 24.2. The summed E-state index contributed by atoms with van der Waals surface area (Å²) in [5.74, 6) is -1.55. The van der Waals surface area contributed by atoms with Crippen LogP contribution >= 0.6 is 0 Å². The molecule has 0 spiro atoms. The molecule has 2 heterocycles. The third kappa shape index (κ3) is 6.57. The lowest BCUT2D eigenvalue weighted by Gasteiger charge is -2.32. The van der Waals surface area contributed by atoms with Gasteiger partial charge in [-0.2, -0.15) is 4.98 Å². The van der Waals surface area contributed by atoms with Crippen LogP contribution in [0.3, 0.4) is 0 Å². The van der Waals surface area contributed by atoms with Gasteiger partial charge in [-0.1, -0.05) is 12.1 Å². The maximum Gasteiger partial charge on any atom is 0.308 e. The first-order valence-corrected chi connectivity index (χ1v) is 14.4. The second-order valence-electron chi connectivity index (χ2n) is 11.1. The lowest BCUT2D eigenvalue weighted by Crippen LogP contribution is -2.46.